The highest BCUT2D eigenvalue weighted by Gasteiger charge is 2.06. The van der Waals surface area contributed by atoms with E-state index >= 15 is 0 Å². The molecular weight excluding hydrogens is 270 g/mol. The van der Waals surface area contributed by atoms with E-state index in [1.807, 2.05) is 37.4 Å². The van der Waals surface area contributed by atoms with E-state index < -0.39 is 0 Å². The number of aryl methyl sites for hydroxylation is 1. The van der Waals surface area contributed by atoms with Crippen molar-refractivity contribution in [3.63, 3.8) is 0 Å². The molecule has 0 saturated heterocycles. The molecule has 2 aromatic rings. The lowest BCUT2D eigenvalue weighted by atomic mass is 10.2. The summed E-state index contributed by atoms with van der Waals surface area (Å²) in [5.74, 6) is 0. The summed E-state index contributed by atoms with van der Waals surface area (Å²) < 4.78 is 0. The van der Waals surface area contributed by atoms with Crippen LogP contribution >= 0.6 is 11.8 Å². The molecule has 0 atom stereocenters. The van der Waals surface area contributed by atoms with Crippen LogP contribution in [-0.4, -0.2) is 27.1 Å². The first-order valence-corrected chi connectivity index (χ1v) is 7.58. The summed E-state index contributed by atoms with van der Waals surface area (Å²) in [7, 11) is 0. The van der Waals surface area contributed by atoms with Crippen LogP contribution in [-0.2, 0) is 0 Å². The Morgan fingerprint density at radius 2 is 2.05 bits per heavy atom. The maximum absolute atomic E-state index is 4.41. The molecular formula is C14H17N5S. The van der Waals surface area contributed by atoms with Crippen molar-refractivity contribution in [1.29, 1.82) is 0 Å². The SMILES string of the molecule is CC/C(=N\Nc1ccc(C)cc1)c1cnnc(SC)n1. The number of hydrazone groups is 1. The van der Waals surface area contributed by atoms with Crippen molar-refractivity contribution in [2.24, 2.45) is 5.10 Å². The van der Waals surface area contributed by atoms with Crippen LogP contribution in [0, 0.1) is 6.92 Å². The van der Waals surface area contributed by atoms with Crippen LogP contribution in [0.5, 0.6) is 0 Å². The van der Waals surface area contributed by atoms with Gasteiger partial charge in [-0.25, -0.2) is 4.98 Å². The van der Waals surface area contributed by atoms with E-state index in [4.69, 9.17) is 0 Å². The molecule has 0 bridgehead atoms. The molecule has 0 fully saturated rings. The number of nitrogens with one attached hydrogen (secondary N) is 1. The number of nitrogens with zero attached hydrogens (tertiary/aromatic N) is 4. The second-order valence-corrected chi connectivity index (χ2v) is 4.99. The molecule has 0 saturated carbocycles. The van der Waals surface area contributed by atoms with Gasteiger partial charge in [-0.3, -0.25) is 5.43 Å². The average molecular weight is 287 g/mol. The first kappa shape index (κ1) is 14.5. The van der Waals surface area contributed by atoms with E-state index in [0.29, 0.717) is 5.16 Å². The third-order valence-corrected chi connectivity index (χ3v) is 3.26. The van der Waals surface area contributed by atoms with Crippen molar-refractivity contribution in [1.82, 2.24) is 15.2 Å². The van der Waals surface area contributed by atoms with Crippen LogP contribution in [0.3, 0.4) is 0 Å². The number of rotatable bonds is 5. The maximum Gasteiger partial charge on any atom is 0.209 e. The van der Waals surface area contributed by atoms with Crippen molar-refractivity contribution in [3.8, 4) is 0 Å². The quantitative estimate of drug-likeness (QED) is 0.520. The minimum atomic E-state index is 0.652. The van der Waals surface area contributed by atoms with E-state index in [2.05, 4.69) is 32.6 Å². The van der Waals surface area contributed by atoms with E-state index in [1.165, 1.54) is 17.3 Å². The summed E-state index contributed by atoms with van der Waals surface area (Å²) in [5.41, 5.74) is 6.84. The standard InChI is InChI=1S/C14H17N5S/c1-4-12(13-9-15-19-14(16-13)20-3)18-17-11-7-5-10(2)6-8-11/h5-9,17H,4H2,1-3H3/b18-12+. The van der Waals surface area contributed by atoms with Crippen LogP contribution in [0.15, 0.2) is 40.7 Å². The predicted molar refractivity (Wildman–Crippen MR) is 83.2 cm³/mol. The summed E-state index contributed by atoms with van der Waals surface area (Å²) in [6.07, 6.45) is 4.33. The minimum Gasteiger partial charge on any atom is -0.278 e. The molecule has 1 N–H and O–H groups in total. The zero-order chi connectivity index (χ0) is 14.4. The van der Waals surface area contributed by atoms with Crippen molar-refractivity contribution in [2.75, 3.05) is 11.7 Å². The molecule has 5 nitrogen and oxygen atoms in total. The average Bonchev–Trinajstić information content (AvgIpc) is 2.50. The number of benzene rings is 1. The van der Waals surface area contributed by atoms with Crippen molar-refractivity contribution in [3.05, 3.63) is 41.7 Å². The topological polar surface area (TPSA) is 63.1 Å². The Balaban J connectivity index is 2.18. The van der Waals surface area contributed by atoms with Gasteiger partial charge in [0, 0.05) is 0 Å². The molecule has 2 rings (SSSR count). The summed E-state index contributed by atoms with van der Waals surface area (Å²) in [4.78, 5) is 4.41. The van der Waals surface area contributed by atoms with Crippen molar-refractivity contribution >= 4 is 23.2 Å². The summed E-state index contributed by atoms with van der Waals surface area (Å²) in [6, 6.07) is 8.08. The van der Waals surface area contributed by atoms with Crippen molar-refractivity contribution in [2.45, 2.75) is 25.4 Å². The number of hydrogen-bond acceptors (Lipinski definition) is 6. The van der Waals surface area contributed by atoms with Crippen LogP contribution in [0.2, 0.25) is 0 Å². The third-order valence-electron chi connectivity index (χ3n) is 2.72. The molecule has 1 heterocycles. The largest absolute Gasteiger partial charge is 0.278 e. The normalized spacial score (nSPS) is 11.4. The van der Waals surface area contributed by atoms with Crippen molar-refractivity contribution < 1.29 is 0 Å². The summed E-state index contributed by atoms with van der Waals surface area (Å²) in [5, 5.41) is 12.9. The Kier molecular flexibility index (Phi) is 5.06. The van der Waals surface area contributed by atoms with E-state index in [0.717, 1.165) is 23.5 Å². The Morgan fingerprint density at radius 3 is 2.70 bits per heavy atom. The Hall–Kier alpha value is -1.95. The Labute approximate surface area is 122 Å². The predicted octanol–water partition coefficient (Wildman–Crippen LogP) is 3.13. The van der Waals surface area contributed by atoms with E-state index in [9.17, 15) is 0 Å². The zero-order valence-electron chi connectivity index (χ0n) is 11.8. The smallest absolute Gasteiger partial charge is 0.209 e. The zero-order valence-corrected chi connectivity index (χ0v) is 12.6. The van der Waals surface area contributed by atoms with Gasteiger partial charge in [-0.15, -0.1) is 5.10 Å². The molecule has 1 aromatic carbocycles. The van der Waals surface area contributed by atoms with Crippen LogP contribution in [0.25, 0.3) is 0 Å². The second-order valence-electron chi connectivity index (χ2n) is 4.22. The van der Waals surface area contributed by atoms with E-state index in [-0.39, 0.29) is 0 Å². The van der Waals surface area contributed by atoms with Gasteiger partial charge >= 0.3 is 0 Å². The second kappa shape index (κ2) is 7.00. The lowest BCUT2D eigenvalue weighted by Crippen LogP contribution is -2.08. The molecule has 0 unspecified atom stereocenters. The molecule has 1 aromatic heterocycles. The van der Waals surface area contributed by atoms with Crippen LogP contribution in [0.1, 0.15) is 24.6 Å². The number of thioether (sulfide) groups is 1. The molecule has 0 aliphatic heterocycles. The molecule has 0 aliphatic carbocycles. The fourth-order valence-corrected chi connectivity index (χ4v) is 1.91. The molecule has 0 spiro atoms. The molecule has 20 heavy (non-hydrogen) atoms. The highest BCUT2D eigenvalue weighted by Crippen LogP contribution is 2.11. The van der Waals surface area contributed by atoms with Gasteiger partial charge in [-0.05, 0) is 31.7 Å². The lowest BCUT2D eigenvalue weighted by molar-refractivity contribution is 0.831. The van der Waals surface area contributed by atoms with Gasteiger partial charge in [0.1, 0.15) is 5.69 Å². The van der Waals surface area contributed by atoms with Gasteiger partial charge in [0.15, 0.2) is 0 Å². The fourth-order valence-electron chi connectivity index (χ4n) is 1.59. The first-order chi connectivity index (χ1) is 9.72. The minimum absolute atomic E-state index is 0.652. The summed E-state index contributed by atoms with van der Waals surface area (Å²) in [6.45, 7) is 4.09. The highest BCUT2D eigenvalue weighted by atomic mass is 32.2. The van der Waals surface area contributed by atoms with E-state index in [1.54, 1.807) is 6.20 Å². The van der Waals surface area contributed by atoms with Crippen LogP contribution in [0.4, 0.5) is 5.69 Å². The number of hydrogen-bond donors (Lipinski definition) is 1. The number of anilines is 1. The first-order valence-electron chi connectivity index (χ1n) is 6.36. The Morgan fingerprint density at radius 1 is 1.30 bits per heavy atom. The van der Waals surface area contributed by atoms with Gasteiger partial charge in [-0.1, -0.05) is 36.4 Å². The van der Waals surface area contributed by atoms with Crippen LogP contribution < -0.4 is 5.43 Å². The van der Waals surface area contributed by atoms with Gasteiger partial charge in [0.05, 0.1) is 17.6 Å². The Bertz CT molecular complexity index is 595. The molecule has 104 valence electrons. The van der Waals surface area contributed by atoms with Gasteiger partial charge < -0.3 is 0 Å². The molecule has 0 aliphatic rings. The highest BCUT2D eigenvalue weighted by molar-refractivity contribution is 7.98. The molecule has 0 amide bonds. The van der Waals surface area contributed by atoms with Gasteiger partial charge in [0.25, 0.3) is 0 Å². The lowest BCUT2D eigenvalue weighted by Gasteiger charge is -2.05. The summed E-state index contributed by atoms with van der Waals surface area (Å²) >= 11 is 1.47. The van der Waals surface area contributed by atoms with Gasteiger partial charge in [-0.2, -0.15) is 10.2 Å². The molecule has 0 radical (unpaired) electrons. The third kappa shape index (κ3) is 3.77. The number of aromatic nitrogens is 3. The maximum atomic E-state index is 4.41. The fraction of sp³-hybridized carbons (Fsp3) is 0.286. The molecule has 6 heteroatoms. The van der Waals surface area contributed by atoms with Gasteiger partial charge in [0.2, 0.25) is 5.16 Å². The monoisotopic (exact) mass is 287 g/mol.